The molecule has 124 valence electrons. The molecule has 3 aromatic rings. The second kappa shape index (κ2) is 5.94. The molecule has 1 aliphatic rings. The van der Waals surface area contributed by atoms with Crippen molar-refractivity contribution in [1.29, 1.82) is 0 Å². The van der Waals surface area contributed by atoms with Gasteiger partial charge in [0.2, 0.25) is 0 Å². The van der Waals surface area contributed by atoms with Crippen molar-refractivity contribution in [3.05, 3.63) is 46.9 Å². The third kappa shape index (κ3) is 2.78. The topological polar surface area (TPSA) is 49.6 Å². The number of anilines is 2. The Morgan fingerprint density at radius 1 is 0.917 bits per heavy atom. The zero-order valence-corrected chi connectivity index (χ0v) is 14.5. The zero-order valence-electron chi connectivity index (χ0n) is 13.8. The number of aromatic nitrogens is 4. The Kier molecular flexibility index (Phi) is 3.76. The first-order valence-corrected chi connectivity index (χ1v) is 8.44. The molecule has 1 fully saturated rings. The van der Waals surface area contributed by atoms with Gasteiger partial charge in [0.25, 0.3) is 5.78 Å². The van der Waals surface area contributed by atoms with Crippen LogP contribution in [0.3, 0.4) is 0 Å². The van der Waals surface area contributed by atoms with E-state index in [0.29, 0.717) is 5.78 Å². The van der Waals surface area contributed by atoms with E-state index in [1.54, 1.807) is 0 Å². The largest absolute Gasteiger partial charge is 0.368 e. The lowest BCUT2D eigenvalue weighted by Gasteiger charge is -2.37. The molecule has 24 heavy (non-hydrogen) atoms. The minimum Gasteiger partial charge on any atom is -0.368 e. The summed E-state index contributed by atoms with van der Waals surface area (Å²) in [7, 11) is 0. The first kappa shape index (κ1) is 15.2. The SMILES string of the molecule is Cc1cc(N2CCN(c3ccc(Cl)cc3)CC2)n2nc(C)nc2n1. The summed E-state index contributed by atoms with van der Waals surface area (Å²) >= 11 is 5.98. The standard InChI is InChI=1S/C17H19ClN6/c1-12-11-16(24-17(19-12)20-13(2)21-24)23-9-7-22(8-10-23)15-5-3-14(18)4-6-15/h3-6,11H,7-10H2,1-2H3. The molecule has 0 spiro atoms. The van der Waals surface area contributed by atoms with Crippen LogP contribution >= 0.6 is 11.6 Å². The molecule has 0 aliphatic carbocycles. The van der Waals surface area contributed by atoms with Crippen molar-refractivity contribution in [3.8, 4) is 0 Å². The van der Waals surface area contributed by atoms with Crippen LogP contribution in [0.1, 0.15) is 11.5 Å². The van der Waals surface area contributed by atoms with Gasteiger partial charge in [-0.05, 0) is 38.1 Å². The van der Waals surface area contributed by atoms with Crippen LogP contribution in [-0.4, -0.2) is 45.8 Å². The number of nitrogens with zero attached hydrogens (tertiary/aromatic N) is 6. The fraction of sp³-hybridized carbons (Fsp3) is 0.353. The molecule has 6 nitrogen and oxygen atoms in total. The van der Waals surface area contributed by atoms with Crippen LogP contribution < -0.4 is 9.80 Å². The number of piperazine rings is 1. The normalized spacial score (nSPS) is 15.3. The summed E-state index contributed by atoms with van der Waals surface area (Å²) in [5.41, 5.74) is 2.18. The van der Waals surface area contributed by atoms with Crippen molar-refractivity contribution >= 4 is 28.9 Å². The van der Waals surface area contributed by atoms with Gasteiger partial charge in [-0.1, -0.05) is 11.6 Å². The van der Waals surface area contributed by atoms with Crippen LogP contribution in [0.4, 0.5) is 11.5 Å². The highest BCUT2D eigenvalue weighted by Crippen LogP contribution is 2.22. The summed E-state index contributed by atoms with van der Waals surface area (Å²) in [5, 5.41) is 5.26. The smallest absolute Gasteiger partial charge is 0.254 e. The fourth-order valence-corrected chi connectivity index (χ4v) is 3.26. The van der Waals surface area contributed by atoms with E-state index in [9.17, 15) is 0 Å². The predicted molar refractivity (Wildman–Crippen MR) is 96.1 cm³/mol. The average molecular weight is 343 g/mol. The van der Waals surface area contributed by atoms with Crippen molar-refractivity contribution in [2.45, 2.75) is 13.8 Å². The van der Waals surface area contributed by atoms with E-state index in [-0.39, 0.29) is 0 Å². The van der Waals surface area contributed by atoms with Crippen LogP contribution in [0.5, 0.6) is 0 Å². The number of aryl methyl sites for hydroxylation is 2. The maximum atomic E-state index is 5.98. The summed E-state index contributed by atoms with van der Waals surface area (Å²) < 4.78 is 1.85. The van der Waals surface area contributed by atoms with Crippen molar-refractivity contribution < 1.29 is 0 Å². The van der Waals surface area contributed by atoms with E-state index in [2.05, 4.69) is 43.1 Å². The van der Waals surface area contributed by atoms with Crippen LogP contribution in [0.2, 0.25) is 5.02 Å². The van der Waals surface area contributed by atoms with Crippen LogP contribution in [0, 0.1) is 13.8 Å². The molecule has 0 bridgehead atoms. The van der Waals surface area contributed by atoms with Gasteiger partial charge in [-0.3, -0.25) is 0 Å². The van der Waals surface area contributed by atoms with Gasteiger partial charge in [0, 0.05) is 48.6 Å². The highest BCUT2D eigenvalue weighted by atomic mass is 35.5. The quantitative estimate of drug-likeness (QED) is 0.716. The van der Waals surface area contributed by atoms with Gasteiger partial charge in [0.1, 0.15) is 11.6 Å². The van der Waals surface area contributed by atoms with Gasteiger partial charge in [-0.15, -0.1) is 5.10 Å². The second-order valence-electron chi connectivity index (χ2n) is 6.08. The van der Waals surface area contributed by atoms with Crippen LogP contribution in [-0.2, 0) is 0 Å². The number of hydrogen-bond acceptors (Lipinski definition) is 5. The molecule has 0 unspecified atom stereocenters. The van der Waals surface area contributed by atoms with E-state index >= 15 is 0 Å². The summed E-state index contributed by atoms with van der Waals surface area (Å²) in [6.07, 6.45) is 0. The van der Waals surface area contributed by atoms with Gasteiger partial charge >= 0.3 is 0 Å². The van der Waals surface area contributed by atoms with Crippen LogP contribution in [0.25, 0.3) is 5.78 Å². The molecule has 1 aromatic carbocycles. The maximum absolute atomic E-state index is 5.98. The van der Waals surface area contributed by atoms with Gasteiger partial charge in [-0.2, -0.15) is 9.50 Å². The molecule has 0 radical (unpaired) electrons. The molecule has 3 heterocycles. The Morgan fingerprint density at radius 2 is 1.58 bits per heavy atom. The Bertz CT molecular complexity index is 865. The van der Waals surface area contributed by atoms with E-state index in [4.69, 9.17) is 11.6 Å². The van der Waals surface area contributed by atoms with Gasteiger partial charge in [-0.25, -0.2) is 4.98 Å². The fourth-order valence-electron chi connectivity index (χ4n) is 3.14. The average Bonchev–Trinajstić information content (AvgIpc) is 2.95. The second-order valence-corrected chi connectivity index (χ2v) is 6.51. The van der Waals surface area contributed by atoms with Gasteiger partial charge in [0.15, 0.2) is 0 Å². The van der Waals surface area contributed by atoms with Gasteiger partial charge in [0.05, 0.1) is 0 Å². The first-order valence-electron chi connectivity index (χ1n) is 8.07. The monoisotopic (exact) mass is 342 g/mol. The minimum atomic E-state index is 0.669. The lowest BCUT2D eigenvalue weighted by Crippen LogP contribution is -2.47. The van der Waals surface area contributed by atoms with E-state index < -0.39 is 0 Å². The maximum Gasteiger partial charge on any atom is 0.254 e. The van der Waals surface area contributed by atoms with E-state index in [0.717, 1.165) is 48.5 Å². The molecule has 0 atom stereocenters. The molecular formula is C17H19ClN6. The van der Waals surface area contributed by atoms with Crippen molar-refractivity contribution in [2.75, 3.05) is 36.0 Å². The van der Waals surface area contributed by atoms with Crippen molar-refractivity contribution in [1.82, 2.24) is 19.6 Å². The van der Waals surface area contributed by atoms with E-state index in [1.807, 2.05) is 30.5 Å². The molecule has 0 N–H and O–H groups in total. The lowest BCUT2D eigenvalue weighted by molar-refractivity contribution is 0.638. The zero-order chi connectivity index (χ0) is 16.7. The molecular weight excluding hydrogens is 324 g/mol. The number of hydrogen-bond donors (Lipinski definition) is 0. The number of rotatable bonds is 2. The van der Waals surface area contributed by atoms with Crippen molar-refractivity contribution in [3.63, 3.8) is 0 Å². The number of halogens is 1. The summed E-state index contributed by atoms with van der Waals surface area (Å²) in [6, 6.07) is 10.1. The summed E-state index contributed by atoms with van der Waals surface area (Å²) in [6.45, 7) is 7.67. The third-order valence-electron chi connectivity index (χ3n) is 4.32. The van der Waals surface area contributed by atoms with E-state index in [1.165, 1.54) is 5.69 Å². The molecule has 2 aromatic heterocycles. The Morgan fingerprint density at radius 3 is 2.29 bits per heavy atom. The predicted octanol–water partition coefficient (Wildman–Crippen LogP) is 2.72. The van der Waals surface area contributed by atoms with Gasteiger partial charge < -0.3 is 9.80 Å². The number of fused-ring (bicyclic) bond motifs is 1. The molecule has 1 aliphatic heterocycles. The summed E-state index contributed by atoms with van der Waals surface area (Å²) in [5.74, 6) is 2.48. The Balaban J connectivity index is 1.57. The Labute approximate surface area is 145 Å². The molecule has 4 rings (SSSR count). The van der Waals surface area contributed by atoms with Crippen LogP contribution in [0.15, 0.2) is 30.3 Å². The highest BCUT2D eigenvalue weighted by Gasteiger charge is 2.21. The molecule has 0 amide bonds. The summed E-state index contributed by atoms with van der Waals surface area (Å²) in [4.78, 5) is 13.6. The number of benzene rings is 1. The Hall–Kier alpha value is -2.34. The third-order valence-corrected chi connectivity index (χ3v) is 4.57. The minimum absolute atomic E-state index is 0.669. The molecule has 7 heteroatoms. The van der Waals surface area contributed by atoms with Crippen molar-refractivity contribution in [2.24, 2.45) is 0 Å². The first-order chi connectivity index (χ1) is 11.6. The highest BCUT2D eigenvalue weighted by molar-refractivity contribution is 6.30. The molecule has 0 saturated carbocycles. The molecule has 1 saturated heterocycles. The lowest BCUT2D eigenvalue weighted by atomic mass is 10.2.